The molecule has 0 spiro atoms. The second-order valence-corrected chi connectivity index (χ2v) is 5.76. The molecule has 0 bridgehead atoms. The molecule has 5 heteroatoms. The van der Waals surface area contributed by atoms with E-state index in [0.29, 0.717) is 18.9 Å². The highest BCUT2D eigenvalue weighted by Gasteiger charge is 2.40. The lowest BCUT2D eigenvalue weighted by molar-refractivity contribution is -0.134. The minimum absolute atomic E-state index is 0.0987. The van der Waals surface area contributed by atoms with Crippen LogP contribution in [0.5, 0.6) is 0 Å². The van der Waals surface area contributed by atoms with Crippen LogP contribution < -0.4 is 9.80 Å². The van der Waals surface area contributed by atoms with Crippen LogP contribution >= 0.6 is 0 Å². The maximum absolute atomic E-state index is 12.1. The normalized spacial score (nSPS) is 16.8. The third-order valence-corrected chi connectivity index (χ3v) is 4.53. The van der Waals surface area contributed by atoms with Crippen molar-refractivity contribution in [3.63, 3.8) is 0 Å². The molecule has 2 aromatic carbocycles. The third kappa shape index (κ3) is 1.86. The average Bonchev–Trinajstić information content (AvgIpc) is 2.84. The number of hydrogen-bond donors (Lipinski definition) is 1. The van der Waals surface area contributed by atoms with Crippen LogP contribution in [0, 0.1) is 0 Å². The number of carbonyl (C=O) groups is 2. The van der Waals surface area contributed by atoms with Crippen molar-refractivity contribution in [2.45, 2.75) is 13.3 Å². The van der Waals surface area contributed by atoms with Crippen LogP contribution in [0.25, 0.3) is 10.8 Å². The molecule has 2 aromatic rings. The quantitative estimate of drug-likeness (QED) is 0.864. The number of fused-ring (bicyclic) bond motifs is 4. The Morgan fingerprint density at radius 3 is 2.43 bits per heavy atom. The smallest absolute Gasteiger partial charge is 0.343 e. The minimum Gasteiger partial charge on any atom is -0.477 e. The molecule has 4 rings (SSSR count). The largest absolute Gasteiger partial charge is 0.477 e. The Bertz CT molecular complexity index is 850. The molecule has 2 aliphatic heterocycles. The maximum atomic E-state index is 12.1. The Kier molecular flexibility index (Phi) is 2.91. The van der Waals surface area contributed by atoms with Crippen molar-refractivity contribution in [3.05, 3.63) is 47.8 Å². The first-order chi connectivity index (χ1) is 11.1. The summed E-state index contributed by atoms with van der Waals surface area (Å²) < 4.78 is 0. The monoisotopic (exact) mass is 308 g/mol. The second-order valence-electron chi connectivity index (χ2n) is 5.76. The van der Waals surface area contributed by atoms with E-state index in [-0.39, 0.29) is 17.8 Å². The van der Waals surface area contributed by atoms with E-state index in [1.54, 1.807) is 0 Å². The summed E-state index contributed by atoms with van der Waals surface area (Å²) in [7, 11) is 0. The number of benzene rings is 2. The number of carboxylic acids is 1. The van der Waals surface area contributed by atoms with Gasteiger partial charge in [-0.15, -0.1) is 0 Å². The molecule has 0 saturated heterocycles. The summed E-state index contributed by atoms with van der Waals surface area (Å²) >= 11 is 0. The predicted molar refractivity (Wildman–Crippen MR) is 88.6 cm³/mol. The first kappa shape index (κ1) is 13.8. The molecular formula is C18H16N2O3. The lowest BCUT2D eigenvalue weighted by Crippen LogP contribution is -2.39. The first-order valence-electron chi connectivity index (χ1n) is 7.70. The summed E-state index contributed by atoms with van der Waals surface area (Å²) in [6.45, 7) is 3.10. The summed E-state index contributed by atoms with van der Waals surface area (Å²) in [6.07, 6.45) is 0.231. The summed E-state index contributed by atoms with van der Waals surface area (Å²) in [5, 5.41) is 11.7. The van der Waals surface area contributed by atoms with Gasteiger partial charge in [0.1, 0.15) is 11.4 Å². The Morgan fingerprint density at radius 2 is 1.83 bits per heavy atom. The van der Waals surface area contributed by atoms with Gasteiger partial charge in [0.15, 0.2) is 5.78 Å². The lowest BCUT2D eigenvalue weighted by atomic mass is 10.0. The van der Waals surface area contributed by atoms with E-state index in [9.17, 15) is 14.7 Å². The van der Waals surface area contributed by atoms with Crippen LogP contribution in [0.4, 0.5) is 11.4 Å². The molecule has 116 valence electrons. The number of carbonyl (C=O) groups excluding carboxylic acids is 1. The van der Waals surface area contributed by atoms with Gasteiger partial charge in [0.25, 0.3) is 0 Å². The molecule has 0 aliphatic carbocycles. The SMILES string of the molecule is CCN1C2=C(C(=O)O)C(=O)CCN2c2cc3ccccc3cc21. The Balaban J connectivity index is 2.02. The van der Waals surface area contributed by atoms with Gasteiger partial charge in [-0.3, -0.25) is 4.79 Å². The minimum atomic E-state index is -1.15. The van der Waals surface area contributed by atoms with Crippen molar-refractivity contribution < 1.29 is 14.7 Å². The second kappa shape index (κ2) is 4.84. The van der Waals surface area contributed by atoms with Gasteiger partial charge < -0.3 is 14.9 Å². The molecule has 0 amide bonds. The van der Waals surface area contributed by atoms with Crippen molar-refractivity contribution in [1.82, 2.24) is 0 Å². The van der Waals surface area contributed by atoms with Gasteiger partial charge in [-0.2, -0.15) is 0 Å². The zero-order valence-electron chi connectivity index (χ0n) is 12.7. The van der Waals surface area contributed by atoms with Gasteiger partial charge >= 0.3 is 5.97 Å². The number of hydrogen-bond acceptors (Lipinski definition) is 4. The van der Waals surface area contributed by atoms with Crippen LogP contribution in [0.1, 0.15) is 13.3 Å². The van der Waals surface area contributed by atoms with Gasteiger partial charge in [-0.05, 0) is 29.8 Å². The van der Waals surface area contributed by atoms with Crippen molar-refractivity contribution >= 4 is 33.9 Å². The lowest BCUT2D eigenvalue weighted by Gasteiger charge is -2.29. The van der Waals surface area contributed by atoms with Crippen LogP contribution in [0.15, 0.2) is 47.8 Å². The van der Waals surface area contributed by atoms with Crippen molar-refractivity contribution in [2.75, 3.05) is 22.9 Å². The highest BCUT2D eigenvalue weighted by molar-refractivity contribution is 6.20. The van der Waals surface area contributed by atoms with Gasteiger partial charge in [0, 0.05) is 19.5 Å². The van der Waals surface area contributed by atoms with E-state index in [0.717, 1.165) is 22.1 Å². The van der Waals surface area contributed by atoms with Crippen molar-refractivity contribution in [2.24, 2.45) is 0 Å². The Morgan fingerprint density at radius 1 is 1.17 bits per heavy atom. The zero-order chi connectivity index (χ0) is 16.1. The number of carboxylic acid groups (broad SMARTS) is 1. The number of nitrogens with zero attached hydrogens (tertiary/aromatic N) is 2. The van der Waals surface area contributed by atoms with Crippen molar-refractivity contribution in [1.29, 1.82) is 0 Å². The summed E-state index contributed by atoms with van der Waals surface area (Å²) in [4.78, 5) is 27.7. The van der Waals surface area contributed by atoms with E-state index >= 15 is 0 Å². The summed E-state index contributed by atoms with van der Waals surface area (Å²) in [5.41, 5.74) is 1.85. The van der Waals surface area contributed by atoms with Gasteiger partial charge in [0.2, 0.25) is 0 Å². The van der Waals surface area contributed by atoms with Crippen LogP contribution in [-0.4, -0.2) is 29.9 Å². The van der Waals surface area contributed by atoms with E-state index in [2.05, 4.69) is 12.1 Å². The van der Waals surface area contributed by atoms with E-state index in [1.807, 2.05) is 41.0 Å². The van der Waals surface area contributed by atoms with Crippen LogP contribution in [0.2, 0.25) is 0 Å². The Hall–Kier alpha value is -2.82. The maximum Gasteiger partial charge on any atom is 0.343 e. The molecule has 5 nitrogen and oxygen atoms in total. The number of anilines is 2. The molecule has 0 saturated carbocycles. The van der Waals surface area contributed by atoms with Crippen LogP contribution in [-0.2, 0) is 9.59 Å². The molecule has 23 heavy (non-hydrogen) atoms. The number of rotatable bonds is 2. The van der Waals surface area contributed by atoms with E-state index in [1.165, 1.54) is 0 Å². The van der Waals surface area contributed by atoms with Gasteiger partial charge in [0.05, 0.1) is 11.4 Å². The van der Waals surface area contributed by atoms with Gasteiger partial charge in [-0.25, -0.2) is 4.79 Å². The number of ketones is 1. The molecule has 0 fully saturated rings. The molecule has 1 N–H and O–H groups in total. The molecule has 0 radical (unpaired) electrons. The standard InChI is InChI=1S/C18H16N2O3/c1-2-19-13-9-11-5-3-4-6-12(11)10-14(13)20-8-7-15(21)16(17(19)20)18(22)23/h3-6,9-10H,2,7-8H2,1H3,(H,22,23). The molecule has 0 unspecified atom stereocenters. The third-order valence-electron chi connectivity index (χ3n) is 4.53. The number of Topliss-reactive ketones (excluding diaryl/α,β-unsaturated/α-hetero) is 1. The summed E-state index contributed by atoms with van der Waals surface area (Å²) in [5.74, 6) is -0.924. The molecule has 2 aliphatic rings. The first-order valence-corrected chi connectivity index (χ1v) is 7.70. The highest BCUT2D eigenvalue weighted by Crippen LogP contribution is 2.46. The molecular weight excluding hydrogens is 292 g/mol. The molecule has 2 heterocycles. The van der Waals surface area contributed by atoms with Crippen LogP contribution in [0.3, 0.4) is 0 Å². The molecule has 0 atom stereocenters. The average molecular weight is 308 g/mol. The van der Waals surface area contributed by atoms with E-state index < -0.39 is 5.97 Å². The topological polar surface area (TPSA) is 60.9 Å². The number of aliphatic carboxylic acids is 1. The highest BCUT2D eigenvalue weighted by atomic mass is 16.4. The fraction of sp³-hybridized carbons (Fsp3) is 0.222. The fourth-order valence-corrected chi connectivity index (χ4v) is 3.52. The molecule has 0 aromatic heterocycles. The summed E-state index contributed by atoms with van der Waals surface area (Å²) in [6, 6.07) is 12.2. The Labute approximate surface area is 133 Å². The zero-order valence-corrected chi connectivity index (χ0v) is 12.7. The van der Waals surface area contributed by atoms with Crippen molar-refractivity contribution in [3.8, 4) is 0 Å². The fourth-order valence-electron chi connectivity index (χ4n) is 3.52. The predicted octanol–water partition coefficient (Wildman–Crippen LogP) is 2.76. The van der Waals surface area contributed by atoms with Gasteiger partial charge in [-0.1, -0.05) is 24.3 Å². The van der Waals surface area contributed by atoms with E-state index in [4.69, 9.17) is 0 Å².